The van der Waals surface area contributed by atoms with Gasteiger partial charge in [-0.25, -0.2) is 0 Å². The van der Waals surface area contributed by atoms with Crippen LogP contribution in [0.2, 0.25) is 0 Å². The van der Waals surface area contributed by atoms with Crippen LogP contribution in [0.25, 0.3) is 0 Å². The van der Waals surface area contributed by atoms with E-state index >= 15 is 0 Å². The van der Waals surface area contributed by atoms with Crippen molar-refractivity contribution in [2.45, 2.75) is 12.5 Å². The zero-order chi connectivity index (χ0) is 17.1. The van der Waals surface area contributed by atoms with Crippen LogP contribution >= 0.6 is 0 Å². The number of carboxylic acids is 1. The average Bonchev–Trinajstić information content (AvgIpc) is 3.00. The summed E-state index contributed by atoms with van der Waals surface area (Å²) in [7, 11) is 1.51. The number of benzene rings is 2. The van der Waals surface area contributed by atoms with E-state index in [1.807, 2.05) is 36.4 Å². The predicted octanol–water partition coefficient (Wildman–Crippen LogP) is 2.70. The molecule has 5 heteroatoms. The fraction of sp³-hybridized carbons (Fsp3) is 0.316. The Bertz CT molecular complexity index is 717. The average molecular weight is 327 g/mol. The molecule has 0 aromatic heterocycles. The number of rotatable bonds is 5. The van der Waals surface area contributed by atoms with Crippen molar-refractivity contribution < 1.29 is 19.7 Å². The highest BCUT2D eigenvalue weighted by atomic mass is 16.5. The van der Waals surface area contributed by atoms with Crippen molar-refractivity contribution in [3.63, 3.8) is 0 Å². The summed E-state index contributed by atoms with van der Waals surface area (Å²) in [4.78, 5) is 13.8. The topological polar surface area (TPSA) is 70.0 Å². The smallest absolute Gasteiger partial charge is 0.308 e. The number of phenols is 1. The van der Waals surface area contributed by atoms with E-state index in [0.29, 0.717) is 25.4 Å². The van der Waals surface area contributed by atoms with Gasteiger partial charge in [-0.3, -0.25) is 9.69 Å². The molecular weight excluding hydrogens is 306 g/mol. The number of phenolic OH excluding ortho intramolecular Hbond substituents is 1. The number of aliphatic carboxylic acids is 1. The van der Waals surface area contributed by atoms with E-state index in [4.69, 9.17) is 4.74 Å². The minimum Gasteiger partial charge on any atom is -0.504 e. The molecular formula is C19H21NO4. The Hall–Kier alpha value is -2.53. The van der Waals surface area contributed by atoms with Gasteiger partial charge < -0.3 is 14.9 Å². The SMILES string of the molecule is COc1ccc(CN2C[C@@H](C(=O)O)[C@H](c3ccccc3)C2)cc1O. The summed E-state index contributed by atoms with van der Waals surface area (Å²) >= 11 is 0. The van der Waals surface area contributed by atoms with Crippen LogP contribution in [-0.2, 0) is 11.3 Å². The minimum atomic E-state index is -0.760. The van der Waals surface area contributed by atoms with Crippen molar-refractivity contribution in [2.24, 2.45) is 5.92 Å². The second-order valence-corrected chi connectivity index (χ2v) is 6.16. The van der Waals surface area contributed by atoms with E-state index in [9.17, 15) is 15.0 Å². The number of likely N-dealkylation sites (tertiary alicyclic amines) is 1. The van der Waals surface area contributed by atoms with Crippen molar-refractivity contribution >= 4 is 5.97 Å². The van der Waals surface area contributed by atoms with Crippen LogP contribution < -0.4 is 4.74 Å². The van der Waals surface area contributed by atoms with Gasteiger partial charge in [0.15, 0.2) is 11.5 Å². The molecule has 1 aliphatic heterocycles. The largest absolute Gasteiger partial charge is 0.504 e. The monoisotopic (exact) mass is 327 g/mol. The molecule has 1 aliphatic rings. The Kier molecular flexibility index (Phi) is 4.71. The van der Waals surface area contributed by atoms with Gasteiger partial charge in [-0.1, -0.05) is 36.4 Å². The van der Waals surface area contributed by atoms with E-state index in [2.05, 4.69) is 4.90 Å². The zero-order valence-corrected chi connectivity index (χ0v) is 13.6. The number of nitrogens with zero attached hydrogens (tertiary/aromatic N) is 1. The standard InChI is InChI=1S/C19H21NO4/c1-24-18-8-7-13(9-17(18)21)10-20-11-15(16(12-20)19(22)23)14-5-3-2-4-6-14/h2-9,15-16,21H,10-12H2,1H3,(H,22,23)/t15-,16+/m0/s1. The number of hydrogen-bond acceptors (Lipinski definition) is 4. The minimum absolute atomic E-state index is 0.0180. The summed E-state index contributed by atoms with van der Waals surface area (Å²) in [5, 5.41) is 19.5. The highest BCUT2D eigenvalue weighted by molar-refractivity contribution is 5.72. The lowest BCUT2D eigenvalue weighted by Gasteiger charge is -2.16. The molecule has 0 saturated carbocycles. The van der Waals surface area contributed by atoms with Gasteiger partial charge in [0, 0.05) is 25.6 Å². The normalized spacial score (nSPS) is 20.9. The molecule has 0 radical (unpaired) electrons. The maximum absolute atomic E-state index is 11.6. The Morgan fingerprint density at radius 3 is 2.58 bits per heavy atom. The fourth-order valence-electron chi connectivity index (χ4n) is 3.39. The van der Waals surface area contributed by atoms with E-state index in [1.165, 1.54) is 7.11 Å². The molecule has 0 bridgehead atoms. The maximum Gasteiger partial charge on any atom is 0.308 e. The molecule has 126 valence electrons. The van der Waals surface area contributed by atoms with Crippen LogP contribution in [0, 0.1) is 5.92 Å². The number of methoxy groups -OCH3 is 1. The summed E-state index contributed by atoms with van der Waals surface area (Å²) in [6.45, 7) is 1.79. The summed E-state index contributed by atoms with van der Waals surface area (Å²) in [6.07, 6.45) is 0. The number of aromatic hydroxyl groups is 1. The van der Waals surface area contributed by atoms with Crippen LogP contribution in [0.15, 0.2) is 48.5 Å². The van der Waals surface area contributed by atoms with Gasteiger partial charge >= 0.3 is 5.97 Å². The van der Waals surface area contributed by atoms with Crippen LogP contribution in [0.4, 0.5) is 0 Å². The third kappa shape index (κ3) is 3.36. The van der Waals surface area contributed by atoms with Crippen LogP contribution in [-0.4, -0.2) is 41.3 Å². The first-order chi connectivity index (χ1) is 11.6. The number of carbonyl (C=O) groups is 1. The van der Waals surface area contributed by atoms with Gasteiger partial charge in [0.2, 0.25) is 0 Å². The van der Waals surface area contributed by atoms with Crippen LogP contribution in [0.5, 0.6) is 11.5 Å². The second-order valence-electron chi connectivity index (χ2n) is 6.16. The van der Waals surface area contributed by atoms with Crippen molar-refractivity contribution in [2.75, 3.05) is 20.2 Å². The first-order valence-electron chi connectivity index (χ1n) is 7.94. The molecule has 2 aromatic carbocycles. The van der Waals surface area contributed by atoms with Gasteiger partial charge in [0.25, 0.3) is 0 Å². The molecule has 1 fully saturated rings. The van der Waals surface area contributed by atoms with Gasteiger partial charge in [0.1, 0.15) is 0 Å². The van der Waals surface area contributed by atoms with E-state index in [0.717, 1.165) is 11.1 Å². The second kappa shape index (κ2) is 6.93. The van der Waals surface area contributed by atoms with E-state index in [1.54, 1.807) is 12.1 Å². The number of ether oxygens (including phenoxy) is 1. The first-order valence-corrected chi connectivity index (χ1v) is 7.94. The number of hydrogen-bond donors (Lipinski definition) is 2. The lowest BCUT2D eigenvalue weighted by atomic mass is 9.89. The molecule has 2 N–H and O–H groups in total. The Morgan fingerprint density at radius 2 is 1.96 bits per heavy atom. The molecule has 2 atom stereocenters. The molecule has 0 amide bonds. The summed E-state index contributed by atoms with van der Waals surface area (Å²) in [5.74, 6) is -0.659. The summed E-state index contributed by atoms with van der Waals surface area (Å²) < 4.78 is 5.05. The first kappa shape index (κ1) is 16.3. The predicted molar refractivity (Wildman–Crippen MR) is 90.2 cm³/mol. The van der Waals surface area contributed by atoms with Gasteiger partial charge in [0.05, 0.1) is 13.0 Å². The van der Waals surface area contributed by atoms with E-state index < -0.39 is 11.9 Å². The number of carboxylic acid groups (broad SMARTS) is 1. The molecule has 1 saturated heterocycles. The highest BCUT2D eigenvalue weighted by Gasteiger charge is 2.38. The van der Waals surface area contributed by atoms with Gasteiger partial charge in [-0.15, -0.1) is 0 Å². The fourth-order valence-corrected chi connectivity index (χ4v) is 3.39. The summed E-state index contributed by atoms with van der Waals surface area (Å²) in [5.41, 5.74) is 2.00. The molecule has 0 unspecified atom stereocenters. The van der Waals surface area contributed by atoms with Crippen molar-refractivity contribution in [1.82, 2.24) is 4.90 Å². The maximum atomic E-state index is 11.6. The van der Waals surface area contributed by atoms with Crippen molar-refractivity contribution in [1.29, 1.82) is 0 Å². The van der Waals surface area contributed by atoms with Gasteiger partial charge in [-0.05, 0) is 23.3 Å². The molecule has 0 aliphatic carbocycles. The molecule has 0 spiro atoms. The molecule has 1 heterocycles. The Morgan fingerprint density at radius 1 is 1.21 bits per heavy atom. The lowest BCUT2D eigenvalue weighted by Crippen LogP contribution is -2.23. The highest BCUT2D eigenvalue weighted by Crippen LogP contribution is 2.34. The molecule has 5 nitrogen and oxygen atoms in total. The third-order valence-electron chi connectivity index (χ3n) is 4.59. The lowest BCUT2D eigenvalue weighted by molar-refractivity contribution is -0.141. The quantitative estimate of drug-likeness (QED) is 0.883. The van der Waals surface area contributed by atoms with Crippen molar-refractivity contribution in [3.8, 4) is 11.5 Å². The Balaban J connectivity index is 1.76. The van der Waals surface area contributed by atoms with E-state index in [-0.39, 0.29) is 11.7 Å². The molecule has 24 heavy (non-hydrogen) atoms. The van der Waals surface area contributed by atoms with Crippen LogP contribution in [0.1, 0.15) is 17.0 Å². The van der Waals surface area contributed by atoms with Crippen molar-refractivity contribution in [3.05, 3.63) is 59.7 Å². The summed E-state index contributed by atoms with van der Waals surface area (Å²) in [6, 6.07) is 15.1. The van der Waals surface area contributed by atoms with Crippen LogP contribution in [0.3, 0.4) is 0 Å². The molecule has 3 rings (SSSR count). The molecule has 2 aromatic rings. The Labute approximate surface area is 141 Å². The zero-order valence-electron chi connectivity index (χ0n) is 13.6. The van der Waals surface area contributed by atoms with Gasteiger partial charge in [-0.2, -0.15) is 0 Å². The third-order valence-corrected chi connectivity index (χ3v) is 4.59.